The molecule has 0 saturated heterocycles. The third-order valence-corrected chi connectivity index (χ3v) is 12.6. The topological polar surface area (TPSA) is 38.7 Å². The molecule has 0 saturated carbocycles. The van der Waals surface area contributed by atoms with Gasteiger partial charge in [0.25, 0.3) is 0 Å². The van der Waals surface area contributed by atoms with Crippen molar-refractivity contribution in [3.8, 4) is 56.4 Å². The summed E-state index contributed by atoms with van der Waals surface area (Å²) in [5.41, 5.74) is 12.8. The van der Waals surface area contributed by atoms with Crippen LogP contribution in [-0.4, -0.2) is 15.0 Å². The van der Waals surface area contributed by atoms with E-state index in [2.05, 4.69) is 196 Å². The lowest BCUT2D eigenvalue weighted by molar-refractivity contribution is 0.660. The Morgan fingerprint density at radius 3 is 1.78 bits per heavy atom. The second kappa shape index (κ2) is 13.8. The number of nitrogens with zero attached hydrogens (tertiary/aromatic N) is 3. The fraction of sp³-hybridized carbons (Fsp3) is 0.0702. The average Bonchev–Trinajstić information content (AvgIpc) is 3.54. The van der Waals surface area contributed by atoms with Crippen molar-refractivity contribution in [1.29, 1.82) is 0 Å². The third-order valence-electron chi connectivity index (χ3n) is 12.6. The maximum atomic E-state index is 5.31. The molecule has 3 nitrogen and oxygen atoms in total. The largest absolute Gasteiger partial charge is 0.208 e. The van der Waals surface area contributed by atoms with Gasteiger partial charge in [0.2, 0.25) is 0 Å². The molecular formula is C57H41N3. The summed E-state index contributed by atoms with van der Waals surface area (Å²) in [6.45, 7) is 10.8. The van der Waals surface area contributed by atoms with Gasteiger partial charge in [0.15, 0.2) is 17.5 Å². The molecule has 0 spiro atoms. The molecule has 60 heavy (non-hydrogen) atoms. The molecule has 0 amide bonds. The molecule has 0 radical (unpaired) electrons. The Morgan fingerprint density at radius 1 is 0.450 bits per heavy atom. The SMILES string of the molecule is C=Cc1ccc2cc(-c3nc(-c4ccc5c(ccc6ccccc65)c4)nc(-c4ccc(-c5cccc6c5-c5ccccc5C6(C)C)c5ccccc45)n3)ccc2c1/C=C\C. The Bertz CT molecular complexity index is 3440. The molecule has 3 heteroatoms. The van der Waals surface area contributed by atoms with Crippen molar-refractivity contribution in [1.82, 2.24) is 15.0 Å². The molecule has 0 bridgehead atoms. The number of hydrogen-bond acceptors (Lipinski definition) is 3. The highest BCUT2D eigenvalue weighted by molar-refractivity contribution is 6.09. The Kier molecular flexibility index (Phi) is 8.21. The number of fused-ring (bicyclic) bond motifs is 8. The monoisotopic (exact) mass is 767 g/mol. The molecule has 284 valence electrons. The van der Waals surface area contributed by atoms with Crippen LogP contribution in [0.1, 0.15) is 43.0 Å². The Morgan fingerprint density at radius 2 is 1.02 bits per heavy atom. The van der Waals surface area contributed by atoms with Crippen molar-refractivity contribution >= 4 is 55.2 Å². The van der Waals surface area contributed by atoms with E-state index in [0.29, 0.717) is 17.5 Å². The van der Waals surface area contributed by atoms with Crippen molar-refractivity contribution in [2.24, 2.45) is 0 Å². The first-order chi connectivity index (χ1) is 29.4. The molecule has 9 aromatic carbocycles. The molecule has 0 fully saturated rings. The average molecular weight is 768 g/mol. The van der Waals surface area contributed by atoms with Crippen LogP contribution in [0.5, 0.6) is 0 Å². The first-order valence-electron chi connectivity index (χ1n) is 20.7. The Balaban J connectivity index is 1.12. The van der Waals surface area contributed by atoms with E-state index in [1.165, 1.54) is 49.5 Å². The zero-order valence-electron chi connectivity index (χ0n) is 33.9. The summed E-state index contributed by atoms with van der Waals surface area (Å²) in [4.78, 5) is 15.9. The van der Waals surface area contributed by atoms with E-state index < -0.39 is 0 Å². The molecule has 11 rings (SSSR count). The lowest BCUT2D eigenvalue weighted by Gasteiger charge is -2.21. The van der Waals surface area contributed by atoms with Gasteiger partial charge in [0.05, 0.1) is 0 Å². The van der Waals surface area contributed by atoms with E-state index >= 15 is 0 Å². The fourth-order valence-corrected chi connectivity index (χ4v) is 9.66. The summed E-state index contributed by atoms with van der Waals surface area (Å²) in [6, 6.07) is 59.1. The van der Waals surface area contributed by atoms with Crippen molar-refractivity contribution in [2.75, 3.05) is 0 Å². The number of rotatable bonds is 6. The van der Waals surface area contributed by atoms with Crippen LogP contribution in [0.25, 0.3) is 112 Å². The van der Waals surface area contributed by atoms with Crippen LogP contribution in [0.15, 0.2) is 176 Å². The van der Waals surface area contributed by atoms with Gasteiger partial charge >= 0.3 is 0 Å². The third kappa shape index (κ3) is 5.54. The van der Waals surface area contributed by atoms with Crippen molar-refractivity contribution in [3.05, 3.63) is 199 Å². The van der Waals surface area contributed by atoms with Crippen LogP contribution < -0.4 is 0 Å². The molecule has 10 aromatic rings. The van der Waals surface area contributed by atoms with Crippen LogP contribution in [0.3, 0.4) is 0 Å². The summed E-state index contributed by atoms with van der Waals surface area (Å²) < 4.78 is 0. The normalized spacial score (nSPS) is 13.1. The maximum absolute atomic E-state index is 5.31. The highest BCUT2D eigenvalue weighted by Crippen LogP contribution is 2.53. The van der Waals surface area contributed by atoms with E-state index in [1.54, 1.807) is 0 Å². The number of benzene rings is 9. The molecule has 1 aliphatic carbocycles. The summed E-state index contributed by atoms with van der Waals surface area (Å²) in [5.74, 6) is 1.90. The maximum Gasteiger partial charge on any atom is 0.164 e. The highest BCUT2D eigenvalue weighted by Gasteiger charge is 2.36. The molecule has 0 aliphatic heterocycles. The van der Waals surface area contributed by atoms with Gasteiger partial charge in [-0.1, -0.05) is 184 Å². The van der Waals surface area contributed by atoms with E-state index in [0.717, 1.165) is 54.7 Å². The quantitative estimate of drug-likeness (QED) is 0.158. The minimum atomic E-state index is -0.0871. The minimum absolute atomic E-state index is 0.0871. The van der Waals surface area contributed by atoms with Crippen molar-refractivity contribution < 1.29 is 0 Å². The van der Waals surface area contributed by atoms with Crippen LogP contribution in [-0.2, 0) is 5.41 Å². The fourth-order valence-electron chi connectivity index (χ4n) is 9.66. The van der Waals surface area contributed by atoms with E-state index in [9.17, 15) is 0 Å². The summed E-state index contributed by atoms with van der Waals surface area (Å²) >= 11 is 0. The predicted octanol–water partition coefficient (Wildman–Crippen LogP) is 15.1. The molecule has 1 heterocycles. The molecular weight excluding hydrogens is 727 g/mol. The number of allylic oxidation sites excluding steroid dienone is 1. The summed E-state index contributed by atoms with van der Waals surface area (Å²) in [6.07, 6.45) is 6.15. The van der Waals surface area contributed by atoms with Gasteiger partial charge in [-0.15, -0.1) is 0 Å². The lowest BCUT2D eigenvalue weighted by Crippen LogP contribution is -2.14. The lowest BCUT2D eigenvalue weighted by atomic mass is 9.81. The Hall–Kier alpha value is -7.49. The summed E-state index contributed by atoms with van der Waals surface area (Å²) in [5, 5.41) is 9.33. The first kappa shape index (κ1) is 35.7. The van der Waals surface area contributed by atoms with Gasteiger partial charge in [-0.25, -0.2) is 15.0 Å². The van der Waals surface area contributed by atoms with Gasteiger partial charge < -0.3 is 0 Å². The molecule has 1 aliphatic rings. The summed E-state index contributed by atoms with van der Waals surface area (Å²) in [7, 11) is 0. The van der Waals surface area contributed by atoms with Crippen LogP contribution >= 0.6 is 0 Å². The van der Waals surface area contributed by atoms with Gasteiger partial charge in [0, 0.05) is 22.1 Å². The smallest absolute Gasteiger partial charge is 0.164 e. The van der Waals surface area contributed by atoms with E-state index in [4.69, 9.17) is 15.0 Å². The standard InChI is InChI=1S/C57H41N3/c1-5-14-41-35(6-2)23-25-37-33-39(27-29-43(37)41)54-58-55(40-28-30-44-38(34-40)26-24-36-15-7-8-16-42(36)44)60-56(59-54)49-32-31-47(45-17-9-10-18-46(45)49)48-20-13-22-52-53(48)50-19-11-12-21-51(50)57(52,3)4/h5-34H,2H2,1,3-4H3/b14-5-. The van der Waals surface area contributed by atoms with E-state index in [1.807, 2.05) is 13.0 Å². The molecule has 1 aromatic heterocycles. The minimum Gasteiger partial charge on any atom is -0.208 e. The predicted molar refractivity (Wildman–Crippen MR) is 254 cm³/mol. The van der Waals surface area contributed by atoms with Gasteiger partial charge in [-0.2, -0.15) is 0 Å². The molecule has 0 unspecified atom stereocenters. The van der Waals surface area contributed by atoms with Crippen LogP contribution in [0.2, 0.25) is 0 Å². The zero-order valence-corrected chi connectivity index (χ0v) is 33.9. The number of aromatic nitrogens is 3. The van der Waals surface area contributed by atoms with Crippen LogP contribution in [0.4, 0.5) is 0 Å². The zero-order chi connectivity index (χ0) is 40.5. The number of hydrogen-bond donors (Lipinski definition) is 0. The van der Waals surface area contributed by atoms with Crippen LogP contribution in [0, 0.1) is 0 Å². The highest BCUT2D eigenvalue weighted by atomic mass is 15.0. The van der Waals surface area contributed by atoms with Crippen molar-refractivity contribution in [3.63, 3.8) is 0 Å². The van der Waals surface area contributed by atoms with Gasteiger partial charge in [-0.3, -0.25) is 0 Å². The Labute approximate surface area is 350 Å². The first-order valence-corrected chi connectivity index (χ1v) is 20.7. The second-order valence-electron chi connectivity index (χ2n) is 16.3. The van der Waals surface area contributed by atoms with Gasteiger partial charge in [0.1, 0.15) is 0 Å². The molecule has 0 N–H and O–H groups in total. The van der Waals surface area contributed by atoms with E-state index in [-0.39, 0.29) is 5.41 Å². The van der Waals surface area contributed by atoms with Gasteiger partial charge in [-0.05, 0) is 113 Å². The van der Waals surface area contributed by atoms with Crippen molar-refractivity contribution in [2.45, 2.75) is 26.2 Å². The molecule has 0 atom stereocenters. The second-order valence-corrected chi connectivity index (χ2v) is 16.3.